The van der Waals surface area contributed by atoms with E-state index >= 15 is 0 Å². The third kappa shape index (κ3) is 3.40. The third-order valence-corrected chi connectivity index (χ3v) is 3.71. The van der Waals surface area contributed by atoms with Crippen LogP contribution in [-0.2, 0) is 6.42 Å². The number of benzene rings is 2. The van der Waals surface area contributed by atoms with E-state index in [0.717, 1.165) is 18.6 Å². The van der Waals surface area contributed by atoms with Crippen molar-refractivity contribution in [3.05, 3.63) is 65.2 Å². The summed E-state index contributed by atoms with van der Waals surface area (Å²) in [7, 11) is 1.70. The molecule has 2 rings (SSSR count). The first-order valence-electron chi connectivity index (χ1n) is 7.21. The van der Waals surface area contributed by atoms with E-state index in [1.165, 1.54) is 16.7 Å². The second-order valence-corrected chi connectivity index (χ2v) is 5.01. The van der Waals surface area contributed by atoms with Gasteiger partial charge in [-0.05, 0) is 48.2 Å². The standard InChI is InChI=1S/C18H23NO/c1-3-14-6-4-7-15(12-14)18(10-11-19)16-8-5-9-17(13-16)20-2/h4-9,12-13,18H,3,10-11,19H2,1-2H3. The summed E-state index contributed by atoms with van der Waals surface area (Å²) in [6.07, 6.45) is 2.00. The lowest BCUT2D eigenvalue weighted by molar-refractivity contribution is 0.414. The summed E-state index contributed by atoms with van der Waals surface area (Å²) in [5.74, 6) is 1.23. The molecule has 2 heteroatoms. The summed E-state index contributed by atoms with van der Waals surface area (Å²) in [6.45, 7) is 2.86. The summed E-state index contributed by atoms with van der Waals surface area (Å²) >= 11 is 0. The van der Waals surface area contributed by atoms with Crippen LogP contribution in [0.2, 0.25) is 0 Å². The van der Waals surface area contributed by atoms with Crippen LogP contribution >= 0.6 is 0 Å². The Bertz CT molecular complexity index is 503. The lowest BCUT2D eigenvalue weighted by atomic mass is 9.87. The molecule has 0 aliphatic heterocycles. The maximum absolute atomic E-state index is 5.81. The monoisotopic (exact) mass is 269 g/mol. The van der Waals surface area contributed by atoms with Gasteiger partial charge in [0.1, 0.15) is 5.75 Å². The molecule has 0 radical (unpaired) electrons. The van der Waals surface area contributed by atoms with Gasteiger partial charge >= 0.3 is 0 Å². The van der Waals surface area contributed by atoms with Gasteiger partial charge in [0.05, 0.1) is 7.11 Å². The predicted molar refractivity (Wildman–Crippen MR) is 84.3 cm³/mol. The Kier molecular flexibility index (Phi) is 5.19. The maximum Gasteiger partial charge on any atom is 0.119 e. The van der Waals surface area contributed by atoms with Crippen LogP contribution in [0, 0.1) is 0 Å². The Morgan fingerprint density at radius 2 is 1.75 bits per heavy atom. The van der Waals surface area contributed by atoms with E-state index in [-0.39, 0.29) is 0 Å². The second-order valence-electron chi connectivity index (χ2n) is 5.01. The summed E-state index contributed by atoms with van der Waals surface area (Å²) < 4.78 is 5.33. The molecule has 106 valence electrons. The first kappa shape index (κ1) is 14.6. The van der Waals surface area contributed by atoms with Gasteiger partial charge in [0.25, 0.3) is 0 Å². The molecular weight excluding hydrogens is 246 g/mol. The van der Waals surface area contributed by atoms with Crippen LogP contribution in [0.25, 0.3) is 0 Å². The van der Waals surface area contributed by atoms with Gasteiger partial charge in [0.2, 0.25) is 0 Å². The molecule has 0 amide bonds. The topological polar surface area (TPSA) is 35.2 Å². The Morgan fingerprint density at radius 3 is 2.40 bits per heavy atom. The average molecular weight is 269 g/mol. The highest BCUT2D eigenvalue weighted by atomic mass is 16.5. The summed E-state index contributed by atoms with van der Waals surface area (Å²) in [6, 6.07) is 17.1. The van der Waals surface area contributed by atoms with Gasteiger partial charge in [0, 0.05) is 5.92 Å². The van der Waals surface area contributed by atoms with Crippen molar-refractivity contribution in [1.29, 1.82) is 0 Å². The normalized spacial score (nSPS) is 12.2. The summed E-state index contributed by atoms with van der Waals surface area (Å²) in [5, 5.41) is 0. The number of hydrogen-bond donors (Lipinski definition) is 1. The smallest absolute Gasteiger partial charge is 0.119 e. The van der Waals surface area contributed by atoms with Gasteiger partial charge in [-0.15, -0.1) is 0 Å². The zero-order chi connectivity index (χ0) is 14.4. The maximum atomic E-state index is 5.81. The first-order valence-corrected chi connectivity index (χ1v) is 7.21. The highest BCUT2D eigenvalue weighted by molar-refractivity contribution is 5.38. The van der Waals surface area contributed by atoms with Crippen molar-refractivity contribution in [3.8, 4) is 5.75 Å². The fourth-order valence-electron chi connectivity index (χ4n) is 2.58. The minimum Gasteiger partial charge on any atom is -0.497 e. The largest absolute Gasteiger partial charge is 0.497 e. The van der Waals surface area contributed by atoms with Gasteiger partial charge < -0.3 is 10.5 Å². The van der Waals surface area contributed by atoms with Crippen LogP contribution in [0.4, 0.5) is 0 Å². The molecule has 0 heterocycles. The Labute approximate surface area is 121 Å². The molecule has 1 atom stereocenters. The van der Waals surface area contributed by atoms with Gasteiger partial charge in [-0.1, -0.05) is 43.3 Å². The van der Waals surface area contributed by atoms with E-state index in [9.17, 15) is 0 Å². The zero-order valence-electron chi connectivity index (χ0n) is 12.3. The summed E-state index contributed by atoms with van der Waals surface area (Å²) in [5.41, 5.74) is 9.78. The molecule has 0 spiro atoms. The van der Waals surface area contributed by atoms with Crippen molar-refractivity contribution < 1.29 is 4.74 Å². The molecule has 0 aromatic heterocycles. The number of methoxy groups -OCH3 is 1. The van der Waals surface area contributed by atoms with Gasteiger partial charge in [-0.2, -0.15) is 0 Å². The molecule has 2 nitrogen and oxygen atoms in total. The highest BCUT2D eigenvalue weighted by Gasteiger charge is 2.14. The molecule has 2 N–H and O–H groups in total. The lowest BCUT2D eigenvalue weighted by Gasteiger charge is -2.18. The molecule has 1 unspecified atom stereocenters. The first-order chi connectivity index (χ1) is 9.78. The number of hydrogen-bond acceptors (Lipinski definition) is 2. The molecule has 0 saturated carbocycles. The van der Waals surface area contributed by atoms with Crippen LogP contribution in [0.5, 0.6) is 5.75 Å². The minimum atomic E-state index is 0.335. The van der Waals surface area contributed by atoms with E-state index in [1.54, 1.807) is 7.11 Å². The molecular formula is C18H23NO. The fraction of sp³-hybridized carbons (Fsp3) is 0.333. The van der Waals surface area contributed by atoms with Crippen LogP contribution < -0.4 is 10.5 Å². The van der Waals surface area contributed by atoms with Crippen molar-refractivity contribution in [2.45, 2.75) is 25.7 Å². The van der Waals surface area contributed by atoms with Crippen molar-refractivity contribution >= 4 is 0 Å². The molecule has 0 bridgehead atoms. The number of aryl methyl sites for hydroxylation is 1. The average Bonchev–Trinajstić information content (AvgIpc) is 2.52. The summed E-state index contributed by atoms with van der Waals surface area (Å²) in [4.78, 5) is 0. The lowest BCUT2D eigenvalue weighted by Crippen LogP contribution is -2.09. The highest BCUT2D eigenvalue weighted by Crippen LogP contribution is 2.30. The number of nitrogens with two attached hydrogens (primary N) is 1. The second kappa shape index (κ2) is 7.11. The minimum absolute atomic E-state index is 0.335. The van der Waals surface area contributed by atoms with E-state index in [2.05, 4.69) is 43.3 Å². The van der Waals surface area contributed by atoms with Gasteiger partial charge in [-0.3, -0.25) is 0 Å². The Hall–Kier alpha value is -1.80. The molecule has 0 aliphatic rings. The Morgan fingerprint density at radius 1 is 1.05 bits per heavy atom. The number of rotatable bonds is 6. The zero-order valence-corrected chi connectivity index (χ0v) is 12.3. The van der Waals surface area contributed by atoms with E-state index in [4.69, 9.17) is 10.5 Å². The van der Waals surface area contributed by atoms with E-state index in [0.29, 0.717) is 12.5 Å². The molecule has 2 aromatic rings. The van der Waals surface area contributed by atoms with Crippen molar-refractivity contribution in [1.82, 2.24) is 0 Å². The van der Waals surface area contributed by atoms with Crippen molar-refractivity contribution in [2.75, 3.05) is 13.7 Å². The number of ether oxygens (including phenoxy) is 1. The molecule has 2 aromatic carbocycles. The molecule has 0 saturated heterocycles. The molecule has 20 heavy (non-hydrogen) atoms. The molecule has 0 aliphatic carbocycles. The predicted octanol–water partition coefficient (Wildman–Crippen LogP) is 3.74. The van der Waals surface area contributed by atoms with Crippen LogP contribution in [0.15, 0.2) is 48.5 Å². The molecule has 0 fully saturated rings. The van der Waals surface area contributed by atoms with E-state index < -0.39 is 0 Å². The van der Waals surface area contributed by atoms with Crippen LogP contribution in [0.3, 0.4) is 0 Å². The van der Waals surface area contributed by atoms with Crippen molar-refractivity contribution in [3.63, 3.8) is 0 Å². The van der Waals surface area contributed by atoms with Crippen LogP contribution in [-0.4, -0.2) is 13.7 Å². The SMILES string of the molecule is CCc1cccc(C(CCN)c2cccc(OC)c2)c1. The van der Waals surface area contributed by atoms with Crippen LogP contribution in [0.1, 0.15) is 36.0 Å². The van der Waals surface area contributed by atoms with Crippen molar-refractivity contribution in [2.24, 2.45) is 5.73 Å². The van der Waals surface area contributed by atoms with E-state index in [1.807, 2.05) is 12.1 Å². The third-order valence-electron chi connectivity index (χ3n) is 3.71. The van der Waals surface area contributed by atoms with Gasteiger partial charge in [-0.25, -0.2) is 0 Å². The van der Waals surface area contributed by atoms with Gasteiger partial charge in [0.15, 0.2) is 0 Å². The fourth-order valence-corrected chi connectivity index (χ4v) is 2.58. The quantitative estimate of drug-likeness (QED) is 0.867. The Balaban J connectivity index is 2.38.